The number of hydrogen-bond acceptors (Lipinski definition) is 5. The lowest BCUT2D eigenvalue weighted by molar-refractivity contribution is -0.139. The first-order chi connectivity index (χ1) is 13.0. The minimum Gasteiger partial charge on any atom is -0.493 e. The molecule has 0 atom stereocenters. The van der Waals surface area contributed by atoms with Crippen LogP contribution in [0.5, 0.6) is 11.5 Å². The number of hydrogen-bond donors (Lipinski definition) is 2. The Bertz CT molecular complexity index is 822. The van der Waals surface area contributed by atoms with Crippen molar-refractivity contribution >= 4 is 18.0 Å². The average molecular weight is 373 g/mol. The molecular weight excluding hydrogens is 353 g/mol. The predicted molar refractivity (Wildman–Crippen MR) is 98.1 cm³/mol. The highest BCUT2D eigenvalue weighted by Gasteiger charge is 2.10. The van der Waals surface area contributed by atoms with Gasteiger partial charge in [-0.15, -0.1) is 0 Å². The summed E-state index contributed by atoms with van der Waals surface area (Å²) in [6.45, 7) is 2.32. The molecule has 0 saturated heterocycles. The molecule has 0 bridgehead atoms. The first-order valence-corrected chi connectivity index (χ1v) is 8.20. The molecule has 2 rings (SSSR count). The minimum atomic E-state index is -0.848. The molecule has 0 spiro atoms. The van der Waals surface area contributed by atoms with Crippen molar-refractivity contribution in [2.75, 3.05) is 13.7 Å². The van der Waals surface area contributed by atoms with Gasteiger partial charge >= 0.3 is 11.8 Å². The number of halogens is 1. The number of methoxy groups -OCH3 is 1. The summed E-state index contributed by atoms with van der Waals surface area (Å²) in [5.41, 5.74) is 3.59. The predicted octanol–water partition coefficient (Wildman–Crippen LogP) is 2.00. The summed E-state index contributed by atoms with van der Waals surface area (Å²) < 4.78 is 23.9. The van der Waals surface area contributed by atoms with Crippen LogP contribution in [-0.2, 0) is 16.2 Å². The Kier molecular flexibility index (Phi) is 7.30. The Balaban J connectivity index is 1.98. The Hall–Kier alpha value is -3.42. The molecule has 2 aromatic rings. The Morgan fingerprint density at radius 1 is 1.11 bits per heavy atom. The zero-order valence-corrected chi connectivity index (χ0v) is 15.0. The molecule has 0 aromatic heterocycles. The quantitative estimate of drug-likeness (QED) is 0.441. The van der Waals surface area contributed by atoms with Crippen LogP contribution in [0.15, 0.2) is 47.6 Å². The summed E-state index contributed by atoms with van der Waals surface area (Å²) in [5.74, 6) is -0.934. The van der Waals surface area contributed by atoms with E-state index < -0.39 is 11.8 Å². The lowest BCUT2D eigenvalue weighted by atomic mass is 10.2. The van der Waals surface area contributed by atoms with Crippen molar-refractivity contribution in [3.05, 3.63) is 59.4 Å². The largest absolute Gasteiger partial charge is 0.493 e. The van der Waals surface area contributed by atoms with Gasteiger partial charge in [-0.25, -0.2) is 9.82 Å². The molecule has 0 fully saturated rings. The van der Waals surface area contributed by atoms with Crippen LogP contribution < -0.4 is 20.2 Å². The molecule has 27 heavy (non-hydrogen) atoms. The number of nitrogens with zero attached hydrogens (tertiary/aromatic N) is 1. The highest BCUT2D eigenvalue weighted by atomic mass is 19.1. The maximum absolute atomic E-state index is 12.9. The van der Waals surface area contributed by atoms with Crippen LogP contribution in [0.3, 0.4) is 0 Å². The Labute approximate surface area is 156 Å². The third-order valence-electron chi connectivity index (χ3n) is 3.42. The molecule has 8 heteroatoms. The van der Waals surface area contributed by atoms with Crippen LogP contribution in [0.2, 0.25) is 0 Å². The van der Waals surface area contributed by atoms with Crippen molar-refractivity contribution in [1.82, 2.24) is 10.7 Å². The zero-order chi connectivity index (χ0) is 19.6. The summed E-state index contributed by atoms with van der Waals surface area (Å²) in [6.07, 6.45) is 1.38. The molecule has 0 aliphatic heterocycles. The van der Waals surface area contributed by atoms with Crippen LogP contribution in [0.1, 0.15) is 18.1 Å². The number of ether oxygens (including phenoxy) is 2. The molecule has 0 aliphatic carbocycles. The van der Waals surface area contributed by atoms with E-state index in [1.54, 1.807) is 37.3 Å². The second-order valence-electron chi connectivity index (χ2n) is 5.38. The third kappa shape index (κ3) is 6.10. The Morgan fingerprint density at radius 3 is 2.52 bits per heavy atom. The molecule has 142 valence electrons. The number of nitrogens with one attached hydrogen (secondary N) is 2. The first kappa shape index (κ1) is 19.9. The first-order valence-electron chi connectivity index (χ1n) is 8.20. The van der Waals surface area contributed by atoms with Crippen LogP contribution in [0.4, 0.5) is 4.39 Å². The van der Waals surface area contributed by atoms with Crippen molar-refractivity contribution in [3.8, 4) is 11.5 Å². The van der Waals surface area contributed by atoms with Gasteiger partial charge in [-0.2, -0.15) is 5.10 Å². The molecule has 0 radical (unpaired) electrons. The topological polar surface area (TPSA) is 89.0 Å². The number of rotatable bonds is 7. The normalized spacial score (nSPS) is 10.5. The number of benzene rings is 2. The molecule has 7 nitrogen and oxygen atoms in total. The lowest BCUT2D eigenvalue weighted by Crippen LogP contribution is -2.37. The van der Waals surface area contributed by atoms with Crippen molar-refractivity contribution < 1.29 is 23.5 Å². The Morgan fingerprint density at radius 2 is 1.85 bits per heavy atom. The van der Waals surface area contributed by atoms with E-state index in [-0.39, 0.29) is 12.4 Å². The van der Waals surface area contributed by atoms with Crippen molar-refractivity contribution in [2.45, 2.75) is 13.5 Å². The SMILES string of the molecule is CCNC(=O)C(=O)N/N=C\c1ccc(OCc2ccc(F)cc2)c(OC)c1. The fourth-order valence-corrected chi connectivity index (χ4v) is 2.08. The van der Waals surface area contributed by atoms with Gasteiger partial charge in [-0.05, 0) is 48.4 Å². The molecule has 2 amide bonds. The van der Waals surface area contributed by atoms with E-state index >= 15 is 0 Å². The summed E-state index contributed by atoms with van der Waals surface area (Å²) >= 11 is 0. The standard InChI is InChI=1S/C19H20FN3O4/c1-3-21-18(24)19(25)23-22-11-14-6-9-16(17(10-14)26-2)27-12-13-4-7-15(20)8-5-13/h4-11H,3,12H2,1-2H3,(H,21,24)(H,23,25)/b22-11-. The van der Waals surface area contributed by atoms with E-state index in [2.05, 4.69) is 15.8 Å². The number of carbonyl (C=O) groups is 2. The monoisotopic (exact) mass is 373 g/mol. The van der Waals surface area contributed by atoms with Crippen LogP contribution in [-0.4, -0.2) is 31.7 Å². The summed E-state index contributed by atoms with van der Waals surface area (Å²) in [6, 6.07) is 11.1. The average Bonchev–Trinajstić information content (AvgIpc) is 2.68. The van der Waals surface area contributed by atoms with E-state index in [1.807, 2.05) is 0 Å². The van der Waals surface area contributed by atoms with Crippen LogP contribution in [0.25, 0.3) is 0 Å². The molecule has 2 aromatic carbocycles. The maximum Gasteiger partial charge on any atom is 0.329 e. The van der Waals surface area contributed by atoms with Gasteiger partial charge in [-0.3, -0.25) is 9.59 Å². The second kappa shape index (κ2) is 9.91. The van der Waals surface area contributed by atoms with E-state index in [0.717, 1.165) is 5.56 Å². The summed E-state index contributed by atoms with van der Waals surface area (Å²) in [5, 5.41) is 6.10. The van der Waals surface area contributed by atoms with Crippen LogP contribution >= 0.6 is 0 Å². The second-order valence-corrected chi connectivity index (χ2v) is 5.38. The van der Waals surface area contributed by atoms with E-state index in [0.29, 0.717) is 23.6 Å². The van der Waals surface area contributed by atoms with Gasteiger partial charge < -0.3 is 14.8 Å². The van der Waals surface area contributed by atoms with Crippen molar-refractivity contribution in [2.24, 2.45) is 5.10 Å². The molecule has 0 unspecified atom stereocenters. The van der Waals surface area contributed by atoms with Gasteiger partial charge in [0.05, 0.1) is 13.3 Å². The highest BCUT2D eigenvalue weighted by molar-refractivity contribution is 6.35. The fraction of sp³-hybridized carbons (Fsp3) is 0.211. The van der Waals surface area contributed by atoms with E-state index in [1.165, 1.54) is 25.5 Å². The van der Waals surface area contributed by atoms with Gasteiger partial charge in [0.15, 0.2) is 11.5 Å². The molecule has 2 N–H and O–H groups in total. The maximum atomic E-state index is 12.9. The third-order valence-corrected chi connectivity index (χ3v) is 3.42. The summed E-state index contributed by atoms with van der Waals surface area (Å²) in [7, 11) is 1.50. The number of amides is 2. The van der Waals surface area contributed by atoms with Gasteiger partial charge in [0.1, 0.15) is 12.4 Å². The van der Waals surface area contributed by atoms with Crippen molar-refractivity contribution in [1.29, 1.82) is 0 Å². The number of hydrazone groups is 1. The highest BCUT2D eigenvalue weighted by Crippen LogP contribution is 2.28. The van der Waals surface area contributed by atoms with Gasteiger partial charge in [-0.1, -0.05) is 12.1 Å². The van der Waals surface area contributed by atoms with Crippen LogP contribution in [0, 0.1) is 5.82 Å². The van der Waals surface area contributed by atoms with E-state index in [4.69, 9.17) is 9.47 Å². The fourth-order valence-electron chi connectivity index (χ4n) is 2.08. The summed E-state index contributed by atoms with van der Waals surface area (Å²) in [4.78, 5) is 22.7. The molecular formula is C19H20FN3O4. The van der Waals surface area contributed by atoms with E-state index in [9.17, 15) is 14.0 Å². The van der Waals surface area contributed by atoms with Crippen molar-refractivity contribution in [3.63, 3.8) is 0 Å². The van der Waals surface area contributed by atoms with Gasteiger partial charge in [0.2, 0.25) is 0 Å². The molecule has 0 saturated carbocycles. The molecule has 0 heterocycles. The minimum absolute atomic E-state index is 0.257. The number of carbonyl (C=O) groups excluding carboxylic acids is 2. The lowest BCUT2D eigenvalue weighted by Gasteiger charge is -2.11. The number of likely N-dealkylation sites (N-methyl/N-ethyl adjacent to an activating group) is 1. The zero-order valence-electron chi connectivity index (χ0n) is 15.0. The smallest absolute Gasteiger partial charge is 0.329 e. The van der Waals surface area contributed by atoms with Gasteiger partial charge in [0.25, 0.3) is 0 Å². The van der Waals surface area contributed by atoms with Gasteiger partial charge in [0, 0.05) is 6.54 Å². The molecule has 0 aliphatic rings.